The molecular formula is C18H21F2N3O2. The molecule has 1 aromatic carbocycles. The molecule has 5 nitrogen and oxygen atoms in total. The largest absolute Gasteiger partial charge is 0.353 e. The van der Waals surface area contributed by atoms with Gasteiger partial charge in [0.15, 0.2) is 0 Å². The number of rotatable bonds is 3. The third-order valence-corrected chi connectivity index (χ3v) is 5.47. The summed E-state index contributed by atoms with van der Waals surface area (Å²) in [4.78, 5) is 26.0. The topological polar surface area (TPSA) is 61.4 Å². The molecule has 2 N–H and O–H groups in total. The zero-order chi connectivity index (χ0) is 17.6. The van der Waals surface area contributed by atoms with Gasteiger partial charge in [0.05, 0.1) is 5.92 Å². The number of nitrogens with one attached hydrogen (secondary N) is 2. The number of carbonyl (C=O) groups excluding carboxylic acids is 2. The number of anilines is 1. The molecule has 0 spiro atoms. The van der Waals surface area contributed by atoms with E-state index in [0.29, 0.717) is 12.1 Å². The molecule has 0 aliphatic carbocycles. The van der Waals surface area contributed by atoms with Crippen molar-refractivity contribution in [3.63, 3.8) is 0 Å². The van der Waals surface area contributed by atoms with Gasteiger partial charge in [-0.2, -0.15) is 0 Å². The lowest BCUT2D eigenvalue weighted by atomic mass is 9.98. The van der Waals surface area contributed by atoms with E-state index in [1.165, 1.54) is 4.90 Å². The normalized spacial score (nSPS) is 31.4. The average molecular weight is 349 g/mol. The molecule has 0 radical (unpaired) electrons. The lowest BCUT2D eigenvalue weighted by Crippen LogP contribution is -2.49. The summed E-state index contributed by atoms with van der Waals surface area (Å²) in [6.07, 6.45) is 4.21. The maximum absolute atomic E-state index is 13.4. The maximum Gasteiger partial charge on any atom is 0.227 e. The van der Waals surface area contributed by atoms with Gasteiger partial charge >= 0.3 is 0 Å². The fourth-order valence-corrected chi connectivity index (χ4v) is 4.32. The van der Waals surface area contributed by atoms with Crippen LogP contribution in [0.15, 0.2) is 18.2 Å². The highest BCUT2D eigenvalue weighted by atomic mass is 19.1. The molecular weight excluding hydrogens is 328 g/mol. The van der Waals surface area contributed by atoms with Crippen LogP contribution >= 0.6 is 0 Å². The third kappa shape index (κ3) is 3.38. The first-order valence-electron chi connectivity index (χ1n) is 8.81. The van der Waals surface area contributed by atoms with Gasteiger partial charge in [-0.05, 0) is 37.8 Å². The minimum atomic E-state index is -0.735. The average Bonchev–Trinajstić information content (AvgIpc) is 3.09. The predicted molar refractivity (Wildman–Crippen MR) is 87.9 cm³/mol. The van der Waals surface area contributed by atoms with Gasteiger partial charge in [0.25, 0.3) is 0 Å². The Bertz CT molecular complexity index is 679. The Balaban J connectivity index is 1.40. The SMILES string of the molecule is O=C(NC1C[C@H]2CC[C@@H](C1)N2)C1CC(=O)N(c2cc(F)cc(F)c2)C1. The summed E-state index contributed by atoms with van der Waals surface area (Å²) in [7, 11) is 0. The van der Waals surface area contributed by atoms with Crippen molar-refractivity contribution in [3.05, 3.63) is 29.8 Å². The van der Waals surface area contributed by atoms with Crippen molar-refractivity contribution in [1.82, 2.24) is 10.6 Å². The highest BCUT2D eigenvalue weighted by Crippen LogP contribution is 2.29. The molecule has 3 saturated heterocycles. The van der Waals surface area contributed by atoms with Crippen molar-refractivity contribution < 1.29 is 18.4 Å². The van der Waals surface area contributed by atoms with Crippen LogP contribution in [-0.4, -0.2) is 36.5 Å². The molecule has 2 bridgehead atoms. The molecule has 3 heterocycles. The molecule has 3 aliphatic heterocycles. The third-order valence-electron chi connectivity index (χ3n) is 5.47. The molecule has 4 rings (SSSR count). The molecule has 0 saturated carbocycles. The van der Waals surface area contributed by atoms with Crippen LogP contribution in [0.4, 0.5) is 14.5 Å². The van der Waals surface area contributed by atoms with Crippen LogP contribution in [0.2, 0.25) is 0 Å². The highest BCUT2D eigenvalue weighted by molar-refractivity contribution is 6.00. The van der Waals surface area contributed by atoms with E-state index < -0.39 is 17.6 Å². The van der Waals surface area contributed by atoms with Crippen molar-refractivity contribution in [2.75, 3.05) is 11.4 Å². The summed E-state index contributed by atoms with van der Waals surface area (Å²) in [6, 6.07) is 4.08. The molecule has 2 amide bonds. The van der Waals surface area contributed by atoms with Gasteiger partial charge < -0.3 is 15.5 Å². The van der Waals surface area contributed by atoms with Gasteiger partial charge in [0.2, 0.25) is 11.8 Å². The number of piperidine rings is 1. The van der Waals surface area contributed by atoms with Gasteiger partial charge in [0.1, 0.15) is 11.6 Å². The van der Waals surface area contributed by atoms with Gasteiger partial charge in [-0.1, -0.05) is 0 Å². The number of hydrogen-bond donors (Lipinski definition) is 2. The molecule has 4 atom stereocenters. The number of benzene rings is 1. The molecule has 0 aromatic heterocycles. The zero-order valence-electron chi connectivity index (χ0n) is 13.8. The van der Waals surface area contributed by atoms with Crippen LogP contribution in [-0.2, 0) is 9.59 Å². The summed E-state index contributed by atoms with van der Waals surface area (Å²) in [6.45, 7) is 0.158. The van der Waals surface area contributed by atoms with E-state index in [9.17, 15) is 18.4 Å². The number of amides is 2. The molecule has 25 heavy (non-hydrogen) atoms. The smallest absolute Gasteiger partial charge is 0.227 e. The number of hydrogen-bond acceptors (Lipinski definition) is 3. The monoisotopic (exact) mass is 349 g/mol. The fourth-order valence-electron chi connectivity index (χ4n) is 4.32. The Morgan fingerprint density at radius 3 is 2.40 bits per heavy atom. The van der Waals surface area contributed by atoms with Gasteiger partial charge in [-0.3, -0.25) is 9.59 Å². The molecule has 7 heteroatoms. The van der Waals surface area contributed by atoms with Crippen molar-refractivity contribution in [3.8, 4) is 0 Å². The maximum atomic E-state index is 13.4. The zero-order valence-corrected chi connectivity index (χ0v) is 13.8. The Kier molecular flexibility index (Phi) is 4.19. The highest BCUT2D eigenvalue weighted by Gasteiger charge is 2.38. The summed E-state index contributed by atoms with van der Waals surface area (Å²) in [5, 5.41) is 6.60. The quantitative estimate of drug-likeness (QED) is 0.873. The van der Waals surface area contributed by atoms with E-state index in [2.05, 4.69) is 10.6 Å². The molecule has 2 unspecified atom stereocenters. The van der Waals surface area contributed by atoms with Gasteiger partial charge in [-0.25, -0.2) is 8.78 Å². The Hall–Kier alpha value is -2.02. The molecule has 3 fully saturated rings. The summed E-state index contributed by atoms with van der Waals surface area (Å²) >= 11 is 0. The van der Waals surface area contributed by atoms with E-state index in [1.807, 2.05) is 0 Å². The molecule has 3 aliphatic rings. The second-order valence-electron chi connectivity index (χ2n) is 7.35. The standard InChI is InChI=1S/C18H21F2N3O2/c19-11-4-12(20)6-16(5-11)23-9-10(3-17(23)24)18(25)22-15-7-13-1-2-14(8-15)21-13/h4-6,10,13-15,21H,1-3,7-9H2,(H,22,25)/t10?,13-,14+,15?. The van der Waals surface area contributed by atoms with Crippen LogP contribution in [0.1, 0.15) is 32.1 Å². The van der Waals surface area contributed by atoms with Gasteiger partial charge in [-0.15, -0.1) is 0 Å². The second-order valence-corrected chi connectivity index (χ2v) is 7.35. The number of carbonyl (C=O) groups is 2. The minimum Gasteiger partial charge on any atom is -0.353 e. The summed E-state index contributed by atoms with van der Waals surface area (Å²) < 4.78 is 26.8. The Morgan fingerprint density at radius 1 is 1.12 bits per heavy atom. The predicted octanol–water partition coefficient (Wildman–Crippen LogP) is 1.72. The lowest BCUT2D eigenvalue weighted by molar-refractivity contribution is -0.127. The van der Waals surface area contributed by atoms with E-state index in [4.69, 9.17) is 0 Å². The number of nitrogens with zero attached hydrogens (tertiary/aromatic N) is 1. The van der Waals surface area contributed by atoms with E-state index in [0.717, 1.165) is 43.9 Å². The first-order valence-corrected chi connectivity index (χ1v) is 8.81. The fraction of sp³-hybridized carbons (Fsp3) is 0.556. The van der Waals surface area contributed by atoms with Crippen LogP contribution in [0.25, 0.3) is 0 Å². The molecule has 134 valence electrons. The van der Waals surface area contributed by atoms with E-state index >= 15 is 0 Å². The van der Waals surface area contributed by atoms with E-state index in [-0.39, 0.29) is 36.5 Å². The van der Waals surface area contributed by atoms with Crippen LogP contribution in [0.5, 0.6) is 0 Å². The first-order chi connectivity index (χ1) is 12.0. The van der Waals surface area contributed by atoms with Gasteiger partial charge in [0, 0.05) is 42.8 Å². The minimum absolute atomic E-state index is 0.0712. The van der Waals surface area contributed by atoms with Crippen LogP contribution in [0, 0.1) is 17.6 Å². The van der Waals surface area contributed by atoms with Crippen molar-refractivity contribution in [1.29, 1.82) is 0 Å². The summed E-state index contributed by atoms with van der Waals surface area (Å²) in [5.41, 5.74) is 0.165. The van der Waals surface area contributed by atoms with Crippen LogP contribution < -0.4 is 15.5 Å². The van der Waals surface area contributed by atoms with E-state index in [1.54, 1.807) is 0 Å². The second kappa shape index (κ2) is 6.37. The first kappa shape index (κ1) is 16.4. The Labute approximate surface area is 144 Å². The Morgan fingerprint density at radius 2 is 1.76 bits per heavy atom. The number of halogens is 2. The van der Waals surface area contributed by atoms with Crippen LogP contribution in [0.3, 0.4) is 0 Å². The number of fused-ring (bicyclic) bond motifs is 2. The molecule has 1 aromatic rings. The van der Waals surface area contributed by atoms with Crippen molar-refractivity contribution in [2.45, 2.75) is 50.2 Å². The lowest BCUT2D eigenvalue weighted by Gasteiger charge is -2.30. The van der Waals surface area contributed by atoms with Crippen molar-refractivity contribution >= 4 is 17.5 Å². The summed E-state index contributed by atoms with van der Waals surface area (Å²) in [5.74, 6) is -2.37. The van der Waals surface area contributed by atoms with Crippen molar-refractivity contribution in [2.24, 2.45) is 5.92 Å².